The van der Waals surface area contributed by atoms with Crippen LogP contribution in [0.5, 0.6) is 0 Å². The SMILES string of the molecule is C=CC1=C(C)[C@@H](Cc2[nH]c(Cc3[nH]c(/C=C4\NC(=O)C(C)=C4[C@H](C)S)c(C)c3CCC(=O)O)c(CCC(=O)O)c2C)NC1=O. The van der Waals surface area contributed by atoms with Gasteiger partial charge in [-0.25, -0.2) is 0 Å². The van der Waals surface area contributed by atoms with E-state index in [4.69, 9.17) is 0 Å². The molecule has 2 aromatic heterocycles. The van der Waals surface area contributed by atoms with E-state index >= 15 is 0 Å². The Kier molecular flexibility index (Phi) is 9.78. The smallest absolute Gasteiger partial charge is 0.303 e. The Bertz CT molecular complexity index is 1650. The number of rotatable bonds is 13. The van der Waals surface area contributed by atoms with Gasteiger partial charge in [0.05, 0.1) is 6.04 Å². The van der Waals surface area contributed by atoms with Crippen molar-refractivity contribution in [2.75, 3.05) is 0 Å². The predicted octanol–water partition coefficient (Wildman–Crippen LogP) is 4.23. The second-order valence-electron chi connectivity index (χ2n) is 11.5. The molecular weight excluding hydrogens is 580 g/mol. The Balaban J connectivity index is 1.76. The van der Waals surface area contributed by atoms with Crippen LogP contribution >= 0.6 is 12.6 Å². The molecule has 2 amide bonds. The average molecular weight is 621 g/mol. The fourth-order valence-electron chi connectivity index (χ4n) is 6.23. The third-order valence-electron chi connectivity index (χ3n) is 8.71. The number of carboxylic acid groups (broad SMARTS) is 2. The van der Waals surface area contributed by atoms with Gasteiger partial charge in [0.1, 0.15) is 0 Å². The molecule has 0 saturated carbocycles. The molecule has 6 N–H and O–H groups in total. The number of hydrogen-bond acceptors (Lipinski definition) is 5. The lowest BCUT2D eigenvalue weighted by molar-refractivity contribution is -0.138. The van der Waals surface area contributed by atoms with Crippen molar-refractivity contribution < 1.29 is 29.4 Å². The van der Waals surface area contributed by atoms with Gasteiger partial charge in [-0.2, -0.15) is 12.6 Å². The molecule has 44 heavy (non-hydrogen) atoms. The molecule has 0 fully saturated rings. The number of amides is 2. The Morgan fingerprint density at radius 1 is 0.932 bits per heavy atom. The molecule has 4 heterocycles. The first-order valence-corrected chi connectivity index (χ1v) is 15.1. The molecule has 0 unspecified atom stereocenters. The number of carboxylic acids is 2. The van der Waals surface area contributed by atoms with Gasteiger partial charge in [-0.05, 0) is 86.9 Å². The van der Waals surface area contributed by atoms with Crippen LogP contribution in [0.3, 0.4) is 0 Å². The zero-order valence-corrected chi connectivity index (χ0v) is 26.6. The van der Waals surface area contributed by atoms with E-state index in [2.05, 4.69) is 39.8 Å². The number of nitrogens with one attached hydrogen (secondary N) is 4. The summed E-state index contributed by atoms with van der Waals surface area (Å²) in [5.41, 5.74) is 10.4. The second kappa shape index (κ2) is 13.2. The molecule has 0 aliphatic carbocycles. The third kappa shape index (κ3) is 6.62. The normalized spacial score (nSPS) is 18.3. The van der Waals surface area contributed by atoms with E-state index in [0.29, 0.717) is 42.5 Å². The van der Waals surface area contributed by atoms with Crippen LogP contribution < -0.4 is 10.6 Å². The highest BCUT2D eigenvalue weighted by Crippen LogP contribution is 2.32. The summed E-state index contributed by atoms with van der Waals surface area (Å²) in [5.74, 6) is -2.16. The Labute approximate surface area is 262 Å². The molecule has 10 nitrogen and oxygen atoms in total. The molecule has 0 saturated heterocycles. The number of allylic oxidation sites excluding steroid dienone is 1. The van der Waals surface area contributed by atoms with Crippen LogP contribution in [0.4, 0.5) is 0 Å². The molecule has 2 aromatic rings. The van der Waals surface area contributed by atoms with Gasteiger partial charge in [-0.3, -0.25) is 19.2 Å². The largest absolute Gasteiger partial charge is 0.481 e. The first kappa shape index (κ1) is 32.7. The maximum absolute atomic E-state index is 12.4. The van der Waals surface area contributed by atoms with Crippen LogP contribution in [0.1, 0.15) is 78.6 Å². The summed E-state index contributed by atoms with van der Waals surface area (Å²) in [4.78, 5) is 54.9. The van der Waals surface area contributed by atoms with E-state index < -0.39 is 11.9 Å². The standard InChI is InChI=1S/C33H40N4O6S/c1-7-20-15(2)25(36-33(20)43)12-23-16(3)21(8-10-29(38)39)26(34-23)14-27-22(9-11-30(40)41)17(4)24(35-27)13-28-31(19(6)44)18(5)32(42)37-28/h7,13,19,25,34-35,44H,1,8-12,14H2,2-6H3,(H,36,43)(H,37,42)(H,38,39)(H,40,41)/b28-13-/t19-,25+/m0/s1. The van der Waals surface area contributed by atoms with Crippen molar-refractivity contribution >= 4 is 42.5 Å². The number of aromatic nitrogens is 2. The number of carbonyl (C=O) groups excluding carboxylic acids is 2. The molecule has 11 heteroatoms. The number of H-pyrrole nitrogens is 2. The summed E-state index contributed by atoms with van der Waals surface area (Å²) in [6.07, 6.45) is 4.82. The van der Waals surface area contributed by atoms with Crippen molar-refractivity contribution in [3.63, 3.8) is 0 Å². The van der Waals surface area contributed by atoms with E-state index in [1.165, 1.54) is 0 Å². The van der Waals surface area contributed by atoms with Crippen LogP contribution in [0, 0.1) is 13.8 Å². The fourth-order valence-corrected chi connectivity index (χ4v) is 6.56. The highest BCUT2D eigenvalue weighted by Gasteiger charge is 2.30. The maximum Gasteiger partial charge on any atom is 0.303 e. The van der Waals surface area contributed by atoms with Gasteiger partial charge in [0.25, 0.3) is 11.8 Å². The summed E-state index contributed by atoms with van der Waals surface area (Å²) in [7, 11) is 0. The van der Waals surface area contributed by atoms with E-state index in [1.807, 2.05) is 33.8 Å². The summed E-state index contributed by atoms with van der Waals surface area (Å²) in [6.45, 7) is 13.2. The lowest BCUT2D eigenvalue weighted by atomic mass is 9.97. The minimum atomic E-state index is -0.912. The zero-order valence-electron chi connectivity index (χ0n) is 25.7. The summed E-state index contributed by atoms with van der Waals surface area (Å²) < 4.78 is 0. The van der Waals surface area contributed by atoms with E-state index in [-0.39, 0.29) is 35.9 Å². The van der Waals surface area contributed by atoms with Crippen LogP contribution in [-0.4, -0.2) is 55.2 Å². The number of thiol groups is 1. The van der Waals surface area contributed by atoms with E-state index in [1.54, 1.807) is 13.0 Å². The topological polar surface area (TPSA) is 164 Å². The molecule has 0 radical (unpaired) electrons. The first-order valence-electron chi connectivity index (χ1n) is 14.6. The van der Waals surface area contributed by atoms with Crippen LogP contribution in [0.2, 0.25) is 0 Å². The van der Waals surface area contributed by atoms with Crippen molar-refractivity contribution in [2.24, 2.45) is 0 Å². The van der Waals surface area contributed by atoms with Crippen molar-refractivity contribution in [2.45, 2.75) is 84.4 Å². The van der Waals surface area contributed by atoms with Gasteiger partial charge in [0.15, 0.2) is 0 Å². The van der Waals surface area contributed by atoms with Crippen molar-refractivity contribution in [1.82, 2.24) is 20.6 Å². The monoisotopic (exact) mass is 620 g/mol. The van der Waals surface area contributed by atoms with Gasteiger partial charge in [-0.1, -0.05) is 12.7 Å². The molecule has 0 spiro atoms. The van der Waals surface area contributed by atoms with Gasteiger partial charge in [0, 0.05) is 70.6 Å². The lowest BCUT2D eigenvalue weighted by Crippen LogP contribution is -2.30. The number of aromatic amines is 2. The Morgan fingerprint density at radius 2 is 1.52 bits per heavy atom. The number of hydrogen-bond donors (Lipinski definition) is 7. The number of aliphatic carboxylic acids is 2. The summed E-state index contributed by atoms with van der Waals surface area (Å²) in [5, 5.41) is 24.7. The fraction of sp³-hybridized carbons (Fsp3) is 0.394. The van der Waals surface area contributed by atoms with Crippen molar-refractivity contribution in [1.29, 1.82) is 0 Å². The maximum atomic E-state index is 12.4. The molecule has 2 atom stereocenters. The zero-order chi connectivity index (χ0) is 32.5. The highest BCUT2D eigenvalue weighted by atomic mass is 32.1. The molecule has 0 bridgehead atoms. The van der Waals surface area contributed by atoms with Crippen LogP contribution in [0.15, 0.2) is 40.6 Å². The summed E-state index contributed by atoms with van der Waals surface area (Å²) in [6, 6.07) is -0.216. The minimum absolute atomic E-state index is 0.0477. The Morgan fingerprint density at radius 3 is 2.07 bits per heavy atom. The van der Waals surface area contributed by atoms with E-state index in [9.17, 15) is 29.4 Å². The lowest BCUT2D eigenvalue weighted by Gasteiger charge is -2.12. The van der Waals surface area contributed by atoms with E-state index in [0.717, 1.165) is 56.2 Å². The second-order valence-corrected chi connectivity index (χ2v) is 12.3. The predicted molar refractivity (Wildman–Crippen MR) is 172 cm³/mol. The first-order chi connectivity index (χ1) is 20.7. The van der Waals surface area contributed by atoms with Crippen LogP contribution in [-0.2, 0) is 44.9 Å². The van der Waals surface area contributed by atoms with Gasteiger partial charge in [0.2, 0.25) is 0 Å². The van der Waals surface area contributed by atoms with Crippen LogP contribution in [0.25, 0.3) is 6.08 Å². The third-order valence-corrected chi connectivity index (χ3v) is 8.97. The molecule has 0 aromatic carbocycles. The molecular formula is C33H40N4O6S. The summed E-state index contributed by atoms with van der Waals surface area (Å²) >= 11 is 4.57. The average Bonchev–Trinajstić information content (AvgIpc) is 3.59. The Hall–Kier alpha value is -4.25. The molecule has 2 aliphatic heterocycles. The molecule has 234 valence electrons. The minimum Gasteiger partial charge on any atom is -0.481 e. The molecule has 4 rings (SSSR count). The highest BCUT2D eigenvalue weighted by molar-refractivity contribution is 7.81. The van der Waals surface area contributed by atoms with Crippen molar-refractivity contribution in [3.05, 3.63) is 85.7 Å². The van der Waals surface area contributed by atoms with Crippen molar-refractivity contribution in [3.8, 4) is 0 Å². The van der Waals surface area contributed by atoms with Gasteiger partial charge < -0.3 is 30.8 Å². The quantitative estimate of drug-likeness (QED) is 0.166. The number of carbonyl (C=O) groups is 4. The van der Waals surface area contributed by atoms with Gasteiger partial charge >= 0.3 is 11.9 Å². The van der Waals surface area contributed by atoms with Gasteiger partial charge in [-0.15, -0.1) is 0 Å². The molecule has 2 aliphatic rings.